The Bertz CT molecular complexity index is 838. The van der Waals surface area contributed by atoms with Gasteiger partial charge in [-0.3, -0.25) is 0 Å². The summed E-state index contributed by atoms with van der Waals surface area (Å²) in [5.41, 5.74) is -0.0950. The van der Waals surface area contributed by atoms with Crippen molar-refractivity contribution in [2.75, 3.05) is 24.2 Å². The van der Waals surface area contributed by atoms with E-state index in [4.69, 9.17) is 9.15 Å². The van der Waals surface area contributed by atoms with Crippen molar-refractivity contribution in [1.82, 2.24) is 0 Å². The molecule has 0 radical (unpaired) electrons. The topological polar surface area (TPSA) is 117 Å². The largest absolute Gasteiger partial charge is 0.497 e. The van der Waals surface area contributed by atoms with Crippen molar-refractivity contribution in [3.8, 4) is 5.75 Å². The lowest BCUT2D eigenvalue weighted by Gasteiger charge is -2.21. The van der Waals surface area contributed by atoms with E-state index in [1.165, 1.54) is 26.2 Å². The van der Waals surface area contributed by atoms with Crippen LogP contribution in [0.1, 0.15) is 17.3 Å². The van der Waals surface area contributed by atoms with Crippen LogP contribution >= 0.6 is 0 Å². The lowest BCUT2D eigenvalue weighted by molar-refractivity contribution is 0.0699. The molecule has 1 unspecified atom stereocenters. The molecule has 23 heavy (non-hydrogen) atoms. The molecule has 0 amide bonds. The highest BCUT2D eigenvalue weighted by atomic mass is 32.2. The van der Waals surface area contributed by atoms with Gasteiger partial charge in [0.2, 0.25) is 15.9 Å². The summed E-state index contributed by atoms with van der Waals surface area (Å²) in [6.45, 7) is 1.07. The van der Waals surface area contributed by atoms with Crippen molar-refractivity contribution in [1.29, 1.82) is 0 Å². The number of nitrogens with zero attached hydrogens (tertiary/aromatic N) is 1. The number of carboxylic acid groups (broad SMARTS) is 1. The van der Waals surface area contributed by atoms with Gasteiger partial charge in [0.25, 0.3) is 0 Å². The molecule has 0 saturated carbocycles. The molecule has 0 aliphatic carbocycles. The highest BCUT2D eigenvalue weighted by molar-refractivity contribution is 7.92. The molecule has 1 atom stereocenters. The highest BCUT2D eigenvalue weighted by Crippen LogP contribution is 2.36. The fourth-order valence-electron chi connectivity index (χ4n) is 2.18. The quantitative estimate of drug-likeness (QED) is 0.811. The summed E-state index contributed by atoms with van der Waals surface area (Å²) in [4.78, 5) is 11.6. The first-order valence-corrected chi connectivity index (χ1v) is 8.49. The number of rotatable bonds is 6. The fraction of sp³-hybridized carbons (Fsp3) is 0.357. The Kier molecular flexibility index (Phi) is 4.53. The summed E-state index contributed by atoms with van der Waals surface area (Å²) in [6, 6.07) is 4.52. The van der Waals surface area contributed by atoms with E-state index in [9.17, 15) is 23.4 Å². The minimum Gasteiger partial charge on any atom is -0.497 e. The van der Waals surface area contributed by atoms with Gasteiger partial charge in [-0.25, -0.2) is 17.5 Å². The van der Waals surface area contributed by atoms with Gasteiger partial charge in [-0.05, 0) is 25.1 Å². The van der Waals surface area contributed by atoms with E-state index in [2.05, 4.69) is 0 Å². The predicted octanol–water partition coefficient (Wildman–Crippen LogP) is 1.29. The van der Waals surface area contributed by atoms with Gasteiger partial charge >= 0.3 is 5.97 Å². The number of ether oxygens (including phenoxy) is 1. The van der Waals surface area contributed by atoms with E-state index >= 15 is 0 Å². The number of aliphatic hydroxyl groups is 1. The monoisotopic (exact) mass is 343 g/mol. The SMILES string of the molecule is COc1ccc2oc(N(CC(C)O)S(C)(=O)=O)c(C(=O)O)c2c1. The first-order chi connectivity index (χ1) is 10.6. The first-order valence-electron chi connectivity index (χ1n) is 6.64. The van der Waals surface area contributed by atoms with Crippen molar-refractivity contribution in [3.63, 3.8) is 0 Å². The summed E-state index contributed by atoms with van der Waals surface area (Å²) in [6.07, 6.45) is -0.0940. The summed E-state index contributed by atoms with van der Waals surface area (Å²) < 4.78 is 35.2. The van der Waals surface area contributed by atoms with E-state index in [0.29, 0.717) is 5.75 Å². The second kappa shape index (κ2) is 6.09. The molecule has 9 heteroatoms. The third-order valence-electron chi connectivity index (χ3n) is 3.15. The van der Waals surface area contributed by atoms with E-state index in [1.807, 2.05) is 0 Å². The number of furan rings is 1. The highest BCUT2D eigenvalue weighted by Gasteiger charge is 2.30. The molecule has 2 rings (SSSR count). The number of hydrogen-bond donors (Lipinski definition) is 2. The van der Waals surface area contributed by atoms with Gasteiger partial charge in [-0.1, -0.05) is 0 Å². The Morgan fingerprint density at radius 3 is 2.57 bits per heavy atom. The van der Waals surface area contributed by atoms with Gasteiger partial charge in [0.1, 0.15) is 16.9 Å². The van der Waals surface area contributed by atoms with Crippen molar-refractivity contribution >= 4 is 32.8 Å². The average Bonchev–Trinajstić information content (AvgIpc) is 2.80. The molecule has 2 aromatic rings. The minimum atomic E-state index is -3.85. The number of anilines is 1. The fourth-order valence-corrected chi connectivity index (χ4v) is 3.10. The summed E-state index contributed by atoms with van der Waals surface area (Å²) in [7, 11) is -2.42. The van der Waals surface area contributed by atoms with Crippen LogP contribution in [0, 0.1) is 0 Å². The molecule has 126 valence electrons. The molecule has 1 aromatic heterocycles. The molecule has 0 aliphatic heterocycles. The third-order valence-corrected chi connectivity index (χ3v) is 4.26. The zero-order valence-corrected chi connectivity index (χ0v) is 13.6. The normalized spacial score (nSPS) is 13.0. The summed E-state index contributed by atoms with van der Waals surface area (Å²) >= 11 is 0. The average molecular weight is 343 g/mol. The number of carbonyl (C=O) groups is 1. The molecule has 0 saturated heterocycles. The number of fused-ring (bicyclic) bond motifs is 1. The lowest BCUT2D eigenvalue weighted by atomic mass is 10.1. The Morgan fingerprint density at radius 1 is 1.43 bits per heavy atom. The number of aromatic carboxylic acids is 1. The Balaban J connectivity index is 2.76. The van der Waals surface area contributed by atoms with Gasteiger partial charge < -0.3 is 19.4 Å². The summed E-state index contributed by atoms with van der Waals surface area (Å²) in [5.74, 6) is -1.27. The van der Waals surface area contributed by atoms with Gasteiger partial charge in [0, 0.05) is 5.39 Å². The van der Waals surface area contributed by atoms with E-state index < -0.39 is 22.1 Å². The van der Waals surface area contributed by atoms with Gasteiger partial charge in [-0.15, -0.1) is 0 Å². The van der Waals surface area contributed by atoms with Crippen LogP contribution in [0.25, 0.3) is 11.0 Å². The van der Waals surface area contributed by atoms with Crippen LogP contribution in [0.5, 0.6) is 5.75 Å². The number of carboxylic acids is 1. The predicted molar refractivity (Wildman–Crippen MR) is 83.6 cm³/mol. The zero-order chi connectivity index (χ0) is 17.4. The maximum absolute atomic E-state index is 12.0. The van der Waals surface area contributed by atoms with Crippen LogP contribution in [0.4, 0.5) is 5.88 Å². The van der Waals surface area contributed by atoms with Crippen LogP contribution in [0.15, 0.2) is 22.6 Å². The van der Waals surface area contributed by atoms with Crippen LogP contribution in [-0.4, -0.2) is 50.6 Å². The maximum atomic E-state index is 12.0. The van der Waals surface area contributed by atoms with Crippen LogP contribution in [0.2, 0.25) is 0 Å². The van der Waals surface area contributed by atoms with Crippen molar-refractivity contribution in [3.05, 3.63) is 23.8 Å². The van der Waals surface area contributed by atoms with Crippen molar-refractivity contribution < 1.29 is 32.6 Å². The second-order valence-corrected chi connectivity index (χ2v) is 7.00. The zero-order valence-electron chi connectivity index (χ0n) is 12.8. The molecule has 0 bridgehead atoms. The van der Waals surface area contributed by atoms with Crippen molar-refractivity contribution in [2.45, 2.75) is 13.0 Å². The number of aliphatic hydroxyl groups excluding tert-OH is 1. The van der Waals surface area contributed by atoms with Gasteiger partial charge in [-0.2, -0.15) is 0 Å². The number of methoxy groups -OCH3 is 1. The molecule has 2 N–H and O–H groups in total. The molecule has 1 aromatic carbocycles. The molecular formula is C14H17NO7S. The minimum absolute atomic E-state index is 0.206. The Labute approximate surface area is 132 Å². The van der Waals surface area contributed by atoms with Gasteiger partial charge in [0.15, 0.2) is 0 Å². The third kappa shape index (κ3) is 3.40. The number of hydrogen-bond acceptors (Lipinski definition) is 6. The Morgan fingerprint density at radius 2 is 2.09 bits per heavy atom. The smallest absolute Gasteiger partial charge is 0.341 e. The molecule has 0 aliphatic rings. The first kappa shape index (κ1) is 17.1. The molecule has 1 heterocycles. The van der Waals surface area contributed by atoms with E-state index in [1.54, 1.807) is 6.07 Å². The standard InChI is InChI=1S/C14H17NO7S/c1-8(16)7-15(23(3,19)20)13-12(14(17)18)10-6-9(21-2)4-5-11(10)22-13/h4-6,8,16H,7H2,1-3H3,(H,17,18). The molecular weight excluding hydrogens is 326 g/mol. The van der Waals surface area contributed by atoms with Gasteiger partial charge in [0.05, 0.1) is 26.0 Å². The van der Waals surface area contributed by atoms with E-state index in [-0.39, 0.29) is 29.0 Å². The summed E-state index contributed by atoms with van der Waals surface area (Å²) in [5, 5.41) is 19.2. The van der Waals surface area contributed by atoms with Crippen LogP contribution in [-0.2, 0) is 10.0 Å². The van der Waals surface area contributed by atoms with E-state index in [0.717, 1.165) is 10.6 Å². The Hall–Kier alpha value is -2.26. The number of sulfonamides is 1. The van der Waals surface area contributed by atoms with Crippen molar-refractivity contribution in [2.24, 2.45) is 0 Å². The van der Waals surface area contributed by atoms with Crippen LogP contribution < -0.4 is 9.04 Å². The second-order valence-electron chi connectivity index (χ2n) is 5.09. The lowest BCUT2D eigenvalue weighted by Crippen LogP contribution is -2.36. The maximum Gasteiger partial charge on any atom is 0.341 e. The molecule has 0 fully saturated rings. The number of benzene rings is 1. The molecule has 8 nitrogen and oxygen atoms in total. The molecule has 0 spiro atoms. The van der Waals surface area contributed by atoms with Crippen LogP contribution in [0.3, 0.4) is 0 Å².